The van der Waals surface area contributed by atoms with E-state index in [1.807, 2.05) is 6.07 Å². The summed E-state index contributed by atoms with van der Waals surface area (Å²) >= 11 is 0. The van der Waals surface area contributed by atoms with E-state index in [1.54, 1.807) is 25.1 Å². The highest BCUT2D eigenvalue weighted by atomic mass is 19.1. The average molecular weight is 234 g/mol. The molecule has 0 saturated carbocycles. The third-order valence-corrected chi connectivity index (χ3v) is 2.46. The van der Waals surface area contributed by atoms with E-state index in [0.717, 1.165) is 5.56 Å². The van der Waals surface area contributed by atoms with Crippen molar-refractivity contribution in [1.82, 2.24) is 0 Å². The van der Waals surface area contributed by atoms with Gasteiger partial charge in [0.25, 0.3) is 0 Å². The first-order chi connectivity index (χ1) is 8.15. The van der Waals surface area contributed by atoms with E-state index < -0.39 is 0 Å². The van der Waals surface area contributed by atoms with Crippen LogP contribution in [0.3, 0.4) is 0 Å². The lowest BCUT2D eigenvalue weighted by Gasteiger charge is -2.07. The molecular weight excluding hydrogens is 222 g/mol. The molecule has 0 aliphatic rings. The molecule has 17 heavy (non-hydrogen) atoms. The number of aryl methyl sites for hydroxylation is 1. The first-order valence-electron chi connectivity index (χ1n) is 5.28. The predicted octanol–water partition coefficient (Wildman–Crippen LogP) is 3.85. The van der Waals surface area contributed by atoms with Gasteiger partial charge in [0.1, 0.15) is 24.0 Å². The van der Waals surface area contributed by atoms with Crippen LogP contribution in [0.15, 0.2) is 42.5 Å². The average Bonchev–Trinajstić information content (AvgIpc) is 2.33. The highest BCUT2D eigenvalue weighted by Gasteiger charge is 2.00. The maximum atomic E-state index is 13.3. The highest BCUT2D eigenvalue weighted by Crippen LogP contribution is 2.15. The second-order valence-corrected chi connectivity index (χ2v) is 3.83. The molecule has 0 spiro atoms. The van der Waals surface area contributed by atoms with Crippen molar-refractivity contribution in [3.8, 4) is 5.75 Å². The quantitative estimate of drug-likeness (QED) is 0.783. The fourth-order valence-electron chi connectivity index (χ4n) is 1.42. The van der Waals surface area contributed by atoms with Gasteiger partial charge in [-0.15, -0.1) is 0 Å². The molecule has 3 heteroatoms. The highest BCUT2D eigenvalue weighted by molar-refractivity contribution is 5.25. The van der Waals surface area contributed by atoms with Gasteiger partial charge in [0.05, 0.1) is 0 Å². The third kappa shape index (κ3) is 3.03. The summed E-state index contributed by atoms with van der Waals surface area (Å²) in [5.41, 5.74) is 1.35. The Balaban J connectivity index is 2.02. The van der Waals surface area contributed by atoms with Crippen molar-refractivity contribution in [1.29, 1.82) is 0 Å². The molecule has 88 valence electrons. The van der Waals surface area contributed by atoms with Gasteiger partial charge >= 0.3 is 0 Å². The molecule has 0 aromatic heterocycles. The second-order valence-electron chi connectivity index (χ2n) is 3.83. The van der Waals surface area contributed by atoms with Crippen molar-refractivity contribution in [2.24, 2.45) is 0 Å². The van der Waals surface area contributed by atoms with Crippen LogP contribution in [-0.2, 0) is 6.61 Å². The molecule has 1 nitrogen and oxygen atoms in total. The fourth-order valence-corrected chi connectivity index (χ4v) is 1.42. The molecule has 0 atom stereocenters. The summed E-state index contributed by atoms with van der Waals surface area (Å²) in [6.07, 6.45) is 0. The Bertz CT molecular complexity index is 506. The zero-order valence-corrected chi connectivity index (χ0v) is 9.41. The molecule has 0 fully saturated rings. The molecule has 0 radical (unpaired) electrons. The number of hydrogen-bond donors (Lipinski definition) is 0. The first-order valence-corrected chi connectivity index (χ1v) is 5.28. The van der Waals surface area contributed by atoms with Gasteiger partial charge in [-0.25, -0.2) is 8.78 Å². The molecule has 0 heterocycles. The fraction of sp³-hybridized carbons (Fsp3) is 0.143. The lowest BCUT2D eigenvalue weighted by atomic mass is 10.1. The predicted molar refractivity (Wildman–Crippen MR) is 61.9 cm³/mol. The van der Waals surface area contributed by atoms with E-state index in [2.05, 4.69) is 0 Å². The van der Waals surface area contributed by atoms with Crippen LogP contribution in [0.25, 0.3) is 0 Å². The van der Waals surface area contributed by atoms with Gasteiger partial charge in [-0.1, -0.05) is 12.1 Å². The van der Waals surface area contributed by atoms with Crippen molar-refractivity contribution in [2.75, 3.05) is 0 Å². The molecule has 2 aromatic carbocycles. The van der Waals surface area contributed by atoms with E-state index in [4.69, 9.17) is 4.74 Å². The van der Waals surface area contributed by atoms with Gasteiger partial charge in [-0.05, 0) is 48.4 Å². The number of ether oxygens (including phenoxy) is 1. The van der Waals surface area contributed by atoms with Gasteiger partial charge in [0.15, 0.2) is 0 Å². The van der Waals surface area contributed by atoms with Crippen LogP contribution < -0.4 is 4.74 Å². The largest absolute Gasteiger partial charge is 0.489 e. The number of halogens is 2. The van der Waals surface area contributed by atoms with E-state index in [-0.39, 0.29) is 18.2 Å². The second kappa shape index (κ2) is 4.95. The maximum absolute atomic E-state index is 13.3. The summed E-state index contributed by atoms with van der Waals surface area (Å²) in [5, 5.41) is 0. The topological polar surface area (TPSA) is 9.23 Å². The van der Waals surface area contributed by atoms with Crippen LogP contribution in [0.2, 0.25) is 0 Å². The molecule has 2 rings (SSSR count). The normalized spacial score (nSPS) is 10.3. The summed E-state index contributed by atoms with van der Waals surface area (Å²) in [4.78, 5) is 0. The number of benzene rings is 2. The Kier molecular flexibility index (Phi) is 3.38. The van der Waals surface area contributed by atoms with Crippen molar-refractivity contribution in [2.45, 2.75) is 13.5 Å². The minimum atomic E-state index is -0.307. The molecule has 0 saturated heterocycles. The van der Waals surface area contributed by atoms with Gasteiger partial charge in [-0.2, -0.15) is 0 Å². The van der Waals surface area contributed by atoms with E-state index in [1.165, 1.54) is 18.2 Å². The Labute approximate surface area is 98.7 Å². The van der Waals surface area contributed by atoms with Crippen LogP contribution >= 0.6 is 0 Å². The maximum Gasteiger partial charge on any atom is 0.126 e. The Morgan fingerprint density at radius 2 is 1.71 bits per heavy atom. The summed E-state index contributed by atoms with van der Waals surface area (Å²) in [6, 6.07) is 10.7. The zero-order chi connectivity index (χ0) is 12.3. The van der Waals surface area contributed by atoms with E-state index in [0.29, 0.717) is 11.3 Å². The van der Waals surface area contributed by atoms with Crippen molar-refractivity contribution in [3.05, 3.63) is 65.2 Å². The lowest BCUT2D eigenvalue weighted by molar-refractivity contribution is 0.305. The van der Waals surface area contributed by atoms with Crippen LogP contribution in [-0.4, -0.2) is 0 Å². The monoisotopic (exact) mass is 234 g/mol. The zero-order valence-electron chi connectivity index (χ0n) is 9.41. The van der Waals surface area contributed by atoms with Gasteiger partial charge in [-0.3, -0.25) is 0 Å². The van der Waals surface area contributed by atoms with Crippen molar-refractivity contribution < 1.29 is 13.5 Å². The minimum absolute atomic E-state index is 0.245. The SMILES string of the molecule is Cc1ccc(COc2ccc(F)cc2)cc1F. The standard InChI is InChI=1S/C14H12F2O/c1-10-2-3-11(8-14(10)16)9-17-13-6-4-12(15)5-7-13/h2-8H,9H2,1H3. The molecule has 0 bridgehead atoms. The molecule has 0 amide bonds. The van der Waals surface area contributed by atoms with Crippen LogP contribution in [0.1, 0.15) is 11.1 Å². The third-order valence-electron chi connectivity index (χ3n) is 2.46. The Hall–Kier alpha value is -1.90. The number of hydrogen-bond acceptors (Lipinski definition) is 1. The summed E-state index contributed by atoms with van der Waals surface area (Å²) in [6.45, 7) is 1.97. The van der Waals surface area contributed by atoms with Crippen molar-refractivity contribution >= 4 is 0 Å². The van der Waals surface area contributed by atoms with E-state index >= 15 is 0 Å². The van der Waals surface area contributed by atoms with Crippen LogP contribution in [0, 0.1) is 18.6 Å². The summed E-state index contributed by atoms with van der Waals surface area (Å²) < 4.78 is 31.3. The smallest absolute Gasteiger partial charge is 0.126 e. The molecule has 0 unspecified atom stereocenters. The van der Waals surface area contributed by atoms with Gasteiger partial charge in [0, 0.05) is 0 Å². The molecular formula is C14H12F2O. The Morgan fingerprint density at radius 3 is 2.35 bits per heavy atom. The summed E-state index contributed by atoms with van der Waals surface area (Å²) in [5.74, 6) is 0.0105. The minimum Gasteiger partial charge on any atom is -0.489 e. The first kappa shape index (κ1) is 11.6. The Morgan fingerprint density at radius 1 is 1.00 bits per heavy atom. The van der Waals surface area contributed by atoms with E-state index in [9.17, 15) is 8.78 Å². The molecule has 2 aromatic rings. The number of rotatable bonds is 3. The lowest BCUT2D eigenvalue weighted by Crippen LogP contribution is -1.96. The van der Waals surface area contributed by atoms with Crippen LogP contribution in [0.5, 0.6) is 5.75 Å². The summed E-state index contributed by atoms with van der Waals surface area (Å²) in [7, 11) is 0. The molecule has 0 N–H and O–H groups in total. The molecule has 0 aliphatic heterocycles. The van der Waals surface area contributed by atoms with Crippen LogP contribution in [0.4, 0.5) is 8.78 Å². The van der Waals surface area contributed by atoms with Gasteiger partial charge < -0.3 is 4.74 Å². The van der Waals surface area contributed by atoms with Crippen molar-refractivity contribution in [3.63, 3.8) is 0 Å². The van der Waals surface area contributed by atoms with Gasteiger partial charge in [0.2, 0.25) is 0 Å². The molecule has 0 aliphatic carbocycles.